The minimum absolute atomic E-state index is 0.0983. The maximum absolute atomic E-state index is 13.2. The van der Waals surface area contributed by atoms with Gasteiger partial charge in [-0.25, -0.2) is 4.79 Å². The zero-order valence-corrected chi connectivity index (χ0v) is 18.4. The van der Waals surface area contributed by atoms with Gasteiger partial charge in [0.25, 0.3) is 0 Å². The number of anilines is 1. The molecule has 4 aromatic rings. The summed E-state index contributed by atoms with van der Waals surface area (Å²) in [7, 11) is 1.56. The van der Waals surface area contributed by atoms with E-state index in [0.717, 1.165) is 22.2 Å². The van der Waals surface area contributed by atoms with Crippen molar-refractivity contribution < 1.29 is 18.4 Å². The van der Waals surface area contributed by atoms with Gasteiger partial charge in [0.05, 0.1) is 19.9 Å². The molecule has 0 atom stereocenters. The van der Waals surface area contributed by atoms with Gasteiger partial charge in [0, 0.05) is 29.1 Å². The zero-order valence-electron chi connectivity index (χ0n) is 18.4. The van der Waals surface area contributed by atoms with Crippen molar-refractivity contribution in [1.82, 2.24) is 0 Å². The highest BCUT2D eigenvalue weighted by Gasteiger charge is 2.20. The molecular formula is C26H25NO5. The molecule has 0 saturated heterocycles. The predicted molar refractivity (Wildman–Crippen MR) is 123 cm³/mol. The fourth-order valence-corrected chi connectivity index (χ4v) is 3.76. The largest absolute Gasteiger partial charge is 0.497 e. The van der Waals surface area contributed by atoms with Crippen molar-refractivity contribution in [2.75, 3.05) is 12.0 Å². The number of carbonyl (C=O) groups excluding carboxylic acids is 1. The Labute approximate surface area is 186 Å². The van der Waals surface area contributed by atoms with Crippen LogP contribution in [0.2, 0.25) is 0 Å². The molecule has 32 heavy (non-hydrogen) atoms. The molecule has 2 heterocycles. The number of hydrogen-bond acceptors (Lipinski definition) is 5. The maximum Gasteiger partial charge on any atom is 0.339 e. The van der Waals surface area contributed by atoms with Gasteiger partial charge in [-0.1, -0.05) is 17.7 Å². The predicted octanol–water partition coefficient (Wildman–Crippen LogP) is 5.18. The van der Waals surface area contributed by atoms with Crippen LogP contribution in [0.3, 0.4) is 0 Å². The number of furan rings is 1. The number of carbonyl (C=O) groups is 1. The van der Waals surface area contributed by atoms with Crippen LogP contribution in [0.25, 0.3) is 11.0 Å². The van der Waals surface area contributed by atoms with Crippen molar-refractivity contribution in [3.05, 3.63) is 93.7 Å². The van der Waals surface area contributed by atoms with E-state index in [0.29, 0.717) is 29.2 Å². The second-order valence-electron chi connectivity index (χ2n) is 7.75. The number of methoxy groups -OCH3 is 1. The van der Waals surface area contributed by atoms with E-state index in [1.165, 1.54) is 0 Å². The second-order valence-corrected chi connectivity index (χ2v) is 7.75. The van der Waals surface area contributed by atoms with Crippen LogP contribution in [-0.4, -0.2) is 13.0 Å². The average molecular weight is 431 g/mol. The third-order valence-corrected chi connectivity index (χ3v) is 5.62. The lowest BCUT2D eigenvalue weighted by molar-refractivity contribution is -0.118. The van der Waals surface area contributed by atoms with Crippen molar-refractivity contribution in [2.45, 2.75) is 33.2 Å². The van der Waals surface area contributed by atoms with Gasteiger partial charge in [-0.15, -0.1) is 0 Å². The standard InChI is InChI=1S/C26H25NO5/c1-17-6-8-19(9-7-17)27(16-21-5-4-14-31-21)25(28)13-12-23-18(2)22-11-10-20(30-3)15-24(22)32-26(23)29/h4-11,14-15H,12-13,16H2,1-3H3. The Hall–Kier alpha value is -3.80. The van der Waals surface area contributed by atoms with Crippen LogP contribution in [-0.2, 0) is 17.8 Å². The molecule has 0 N–H and O–H groups in total. The Morgan fingerprint density at radius 3 is 2.53 bits per heavy atom. The molecule has 0 saturated carbocycles. The number of rotatable bonds is 7. The van der Waals surface area contributed by atoms with Crippen LogP contribution in [0.5, 0.6) is 5.75 Å². The van der Waals surface area contributed by atoms with Gasteiger partial charge in [-0.2, -0.15) is 0 Å². The molecule has 6 heteroatoms. The molecule has 0 radical (unpaired) electrons. The number of benzene rings is 2. The average Bonchev–Trinajstić information content (AvgIpc) is 3.31. The Morgan fingerprint density at radius 2 is 1.84 bits per heavy atom. The third-order valence-electron chi connectivity index (χ3n) is 5.62. The molecule has 164 valence electrons. The Bertz CT molecular complexity index is 1290. The van der Waals surface area contributed by atoms with Crippen LogP contribution >= 0.6 is 0 Å². The Kier molecular flexibility index (Phi) is 6.12. The Balaban J connectivity index is 1.59. The minimum atomic E-state index is -0.427. The van der Waals surface area contributed by atoms with E-state index in [1.807, 2.05) is 56.3 Å². The summed E-state index contributed by atoms with van der Waals surface area (Å²) in [6.07, 6.45) is 2.04. The normalized spacial score (nSPS) is 11.0. The van der Waals surface area contributed by atoms with Gasteiger partial charge >= 0.3 is 5.63 Å². The number of amides is 1. The SMILES string of the molecule is COc1ccc2c(C)c(CCC(=O)N(Cc3ccco3)c3ccc(C)cc3)c(=O)oc2c1. The highest BCUT2D eigenvalue weighted by Crippen LogP contribution is 2.25. The van der Waals surface area contributed by atoms with Crippen molar-refractivity contribution in [1.29, 1.82) is 0 Å². The molecule has 0 fully saturated rings. The van der Waals surface area contributed by atoms with Gasteiger partial charge in [-0.3, -0.25) is 4.79 Å². The Morgan fingerprint density at radius 1 is 1.06 bits per heavy atom. The summed E-state index contributed by atoms with van der Waals surface area (Å²) in [6, 6.07) is 16.8. The summed E-state index contributed by atoms with van der Waals surface area (Å²) >= 11 is 0. The smallest absolute Gasteiger partial charge is 0.339 e. The molecule has 0 aliphatic heterocycles. The van der Waals surface area contributed by atoms with Gasteiger partial charge in [0.2, 0.25) is 5.91 Å². The lowest BCUT2D eigenvalue weighted by atomic mass is 10.0. The number of hydrogen-bond donors (Lipinski definition) is 0. The van der Waals surface area contributed by atoms with Crippen molar-refractivity contribution >= 4 is 22.6 Å². The van der Waals surface area contributed by atoms with Gasteiger partial charge in [0.1, 0.15) is 17.1 Å². The zero-order chi connectivity index (χ0) is 22.7. The summed E-state index contributed by atoms with van der Waals surface area (Å²) in [6.45, 7) is 4.20. The van der Waals surface area contributed by atoms with Crippen LogP contribution in [0.4, 0.5) is 5.69 Å². The highest BCUT2D eigenvalue weighted by atomic mass is 16.5. The van der Waals surface area contributed by atoms with Crippen molar-refractivity contribution in [3.63, 3.8) is 0 Å². The van der Waals surface area contributed by atoms with E-state index >= 15 is 0 Å². The molecule has 2 aromatic carbocycles. The molecule has 0 bridgehead atoms. The number of aryl methyl sites for hydroxylation is 2. The molecular weight excluding hydrogens is 406 g/mol. The molecule has 1 amide bonds. The molecule has 0 aliphatic rings. The van der Waals surface area contributed by atoms with Crippen molar-refractivity contribution in [2.24, 2.45) is 0 Å². The first kappa shape index (κ1) is 21.4. The minimum Gasteiger partial charge on any atom is -0.497 e. The van der Waals surface area contributed by atoms with E-state index in [2.05, 4.69) is 0 Å². The molecule has 0 unspecified atom stereocenters. The molecule has 2 aromatic heterocycles. The maximum atomic E-state index is 13.2. The second kappa shape index (κ2) is 9.14. The molecule has 4 rings (SSSR count). The summed E-state index contributed by atoms with van der Waals surface area (Å²) in [5.41, 5.74) is 3.27. The molecule has 0 aliphatic carbocycles. The van der Waals surface area contributed by atoms with E-state index in [4.69, 9.17) is 13.6 Å². The molecule has 6 nitrogen and oxygen atoms in total. The lowest BCUT2D eigenvalue weighted by Gasteiger charge is -2.22. The van der Waals surface area contributed by atoms with Crippen molar-refractivity contribution in [3.8, 4) is 5.75 Å². The fourth-order valence-electron chi connectivity index (χ4n) is 3.76. The summed E-state index contributed by atoms with van der Waals surface area (Å²) in [4.78, 5) is 27.6. The fraction of sp³-hybridized carbons (Fsp3) is 0.231. The first-order valence-electron chi connectivity index (χ1n) is 10.5. The number of fused-ring (bicyclic) bond motifs is 1. The first-order chi connectivity index (χ1) is 15.5. The third kappa shape index (κ3) is 4.44. The van der Waals surface area contributed by atoms with Crippen LogP contribution < -0.4 is 15.3 Å². The van der Waals surface area contributed by atoms with E-state index < -0.39 is 5.63 Å². The first-order valence-corrected chi connectivity index (χ1v) is 10.5. The topological polar surface area (TPSA) is 72.9 Å². The summed E-state index contributed by atoms with van der Waals surface area (Å²) in [5, 5.41) is 0.832. The number of ether oxygens (including phenoxy) is 1. The molecule has 0 spiro atoms. The van der Waals surface area contributed by atoms with E-state index in [-0.39, 0.29) is 18.7 Å². The van der Waals surface area contributed by atoms with Crippen LogP contribution in [0.1, 0.15) is 28.9 Å². The van der Waals surface area contributed by atoms with E-state index in [1.54, 1.807) is 30.4 Å². The van der Waals surface area contributed by atoms with Gasteiger partial charge in [-0.05, 0) is 62.2 Å². The highest BCUT2D eigenvalue weighted by molar-refractivity contribution is 5.93. The monoisotopic (exact) mass is 431 g/mol. The van der Waals surface area contributed by atoms with Gasteiger partial charge in [0.15, 0.2) is 0 Å². The summed E-state index contributed by atoms with van der Waals surface area (Å²) in [5.74, 6) is 1.21. The lowest BCUT2D eigenvalue weighted by Crippen LogP contribution is -2.31. The summed E-state index contributed by atoms with van der Waals surface area (Å²) < 4.78 is 16.2. The quantitative estimate of drug-likeness (QED) is 0.377. The van der Waals surface area contributed by atoms with Gasteiger partial charge < -0.3 is 18.5 Å². The van der Waals surface area contributed by atoms with E-state index in [9.17, 15) is 9.59 Å². The van der Waals surface area contributed by atoms with Crippen LogP contribution in [0.15, 0.2) is 74.5 Å². The van der Waals surface area contributed by atoms with Crippen LogP contribution in [0, 0.1) is 13.8 Å². The number of nitrogens with zero attached hydrogens (tertiary/aromatic N) is 1.